The highest BCUT2D eigenvalue weighted by atomic mass is 35.5. The molecule has 1 atom stereocenters. The Morgan fingerprint density at radius 2 is 1.74 bits per heavy atom. The predicted molar refractivity (Wildman–Crippen MR) is 106 cm³/mol. The molecule has 27 heavy (non-hydrogen) atoms. The van der Waals surface area contributed by atoms with E-state index in [0.29, 0.717) is 28.6 Å². The van der Waals surface area contributed by atoms with Crippen LogP contribution in [0.4, 0.5) is 0 Å². The van der Waals surface area contributed by atoms with Crippen LogP contribution in [0.15, 0.2) is 36.4 Å². The topological polar surface area (TPSA) is 60.0 Å². The van der Waals surface area contributed by atoms with Gasteiger partial charge >= 0.3 is 0 Å². The summed E-state index contributed by atoms with van der Waals surface area (Å²) in [5, 5.41) is 3.27. The van der Waals surface area contributed by atoms with Gasteiger partial charge in [-0.1, -0.05) is 29.8 Å². The number of carbonyl (C=O) groups excluding carboxylic acids is 1. The molecule has 0 heterocycles. The summed E-state index contributed by atoms with van der Waals surface area (Å²) in [6.07, 6.45) is 0. The monoisotopic (exact) mass is 392 g/mol. The molecule has 0 spiro atoms. The van der Waals surface area contributed by atoms with Crippen molar-refractivity contribution >= 4 is 17.5 Å². The number of amides is 1. The van der Waals surface area contributed by atoms with Crippen LogP contribution in [-0.2, 0) is 0 Å². The highest BCUT2D eigenvalue weighted by molar-refractivity contribution is 6.32. The standard InChI is InChI=1S/C20H25ClN2O4/c1-23(2)16(14-8-6-7-9-17(14)25-3)12-22-20(24)13-10-15(21)19(27-5)18(11-13)26-4/h6-11,16H,12H2,1-5H3,(H,22,24). The third-order valence-corrected chi connectivity index (χ3v) is 4.55. The van der Waals surface area contributed by atoms with Gasteiger partial charge in [-0.25, -0.2) is 0 Å². The van der Waals surface area contributed by atoms with E-state index in [2.05, 4.69) is 5.32 Å². The van der Waals surface area contributed by atoms with Gasteiger partial charge in [-0.2, -0.15) is 0 Å². The number of methoxy groups -OCH3 is 3. The quantitative estimate of drug-likeness (QED) is 0.746. The lowest BCUT2D eigenvalue weighted by atomic mass is 10.0. The van der Waals surface area contributed by atoms with Crippen molar-refractivity contribution in [1.29, 1.82) is 0 Å². The van der Waals surface area contributed by atoms with E-state index in [9.17, 15) is 4.79 Å². The number of rotatable bonds is 8. The van der Waals surface area contributed by atoms with Crippen molar-refractivity contribution in [2.75, 3.05) is 42.0 Å². The van der Waals surface area contributed by atoms with E-state index in [1.54, 1.807) is 19.2 Å². The third-order valence-electron chi connectivity index (χ3n) is 4.27. The van der Waals surface area contributed by atoms with E-state index in [-0.39, 0.29) is 11.9 Å². The Bertz CT molecular complexity index is 796. The molecule has 0 aliphatic heterocycles. The first-order valence-corrected chi connectivity index (χ1v) is 8.79. The molecule has 7 heteroatoms. The molecule has 0 aromatic heterocycles. The number of ether oxygens (including phenoxy) is 3. The molecule has 0 radical (unpaired) electrons. The molecule has 0 aliphatic carbocycles. The van der Waals surface area contributed by atoms with Gasteiger partial charge in [0.15, 0.2) is 11.5 Å². The van der Waals surface area contributed by atoms with Gasteiger partial charge in [0.05, 0.1) is 32.4 Å². The number of para-hydroxylation sites is 1. The second-order valence-corrected chi connectivity index (χ2v) is 6.53. The lowest BCUT2D eigenvalue weighted by Gasteiger charge is -2.26. The molecule has 0 aliphatic rings. The molecular formula is C20H25ClN2O4. The van der Waals surface area contributed by atoms with Gasteiger partial charge in [0.25, 0.3) is 5.91 Å². The number of hydrogen-bond acceptors (Lipinski definition) is 5. The molecule has 6 nitrogen and oxygen atoms in total. The Kier molecular flexibility index (Phi) is 7.33. The van der Waals surface area contributed by atoms with Crippen molar-refractivity contribution in [3.8, 4) is 17.2 Å². The first-order chi connectivity index (χ1) is 12.9. The van der Waals surface area contributed by atoms with Crippen molar-refractivity contribution in [3.63, 3.8) is 0 Å². The number of benzene rings is 2. The van der Waals surface area contributed by atoms with E-state index in [0.717, 1.165) is 11.3 Å². The summed E-state index contributed by atoms with van der Waals surface area (Å²) in [4.78, 5) is 14.7. The highest BCUT2D eigenvalue weighted by Crippen LogP contribution is 2.36. The zero-order chi connectivity index (χ0) is 20.0. The number of carbonyl (C=O) groups is 1. The minimum absolute atomic E-state index is 0.0549. The lowest BCUT2D eigenvalue weighted by molar-refractivity contribution is 0.0941. The Balaban J connectivity index is 2.21. The van der Waals surface area contributed by atoms with Crippen LogP contribution in [0.25, 0.3) is 0 Å². The summed E-state index contributed by atoms with van der Waals surface area (Å²) in [6, 6.07) is 10.9. The molecule has 0 saturated carbocycles. The van der Waals surface area contributed by atoms with Crippen LogP contribution >= 0.6 is 11.6 Å². The molecule has 1 unspecified atom stereocenters. The summed E-state index contributed by atoms with van der Waals surface area (Å²) >= 11 is 6.20. The zero-order valence-electron chi connectivity index (χ0n) is 16.2. The number of likely N-dealkylation sites (N-methyl/N-ethyl adjacent to an activating group) is 1. The number of nitrogens with zero attached hydrogens (tertiary/aromatic N) is 1. The average Bonchev–Trinajstić information content (AvgIpc) is 2.67. The van der Waals surface area contributed by atoms with Gasteiger partial charge in [-0.3, -0.25) is 4.79 Å². The largest absolute Gasteiger partial charge is 0.496 e. The average molecular weight is 393 g/mol. The maximum Gasteiger partial charge on any atom is 0.251 e. The van der Waals surface area contributed by atoms with E-state index in [1.165, 1.54) is 14.2 Å². The van der Waals surface area contributed by atoms with Crippen molar-refractivity contribution in [2.45, 2.75) is 6.04 Å². The fourth-order valence-electron chi connectivity index (χ4n) is 2.85. The van der Waals surface area contributed by atoms with Gasteiger partial charge in [-0.05, 0) is 32.3 Å². The number of nitrogens with one attached hydrogen (secondary N) is 1. The first-order valence-electron chi connectivity index (χ1n) is 8.42. The van der Waals surface area contributed by atoms with Gasteiger partial charge in [0.1, 0.15) is 5.75 Å². The molecular weight excluding hydrogens is 368 g/mol. The minimum atomic E-state index is -0.250. The fraction of sp³-hybridized carbons (Fsp3) is 0.350. The SMILES string of the molecule is COc1ccccc1C(CNC(=O)c1cc(Cl)c(OC)c(OC)c1)N(C)C. The highest BCUT2D eigenvalue weighted by Gasteiger charge is 2.20. The maximum atomic E-state index is 12.7. The van der Waals surface area contributed by atoms with Crippen molar-refractivity contribution in [1.82, 2.24) is 10.2 Å². The van der Waals surface area contributed by atoms with Crippen molar-refractivity contribution in [2.24, 2.45) is 0 Å². The predicted octanol–water partition coefficient (Wildman–Crippen LogP) is 3.40. The summed E-state index contributed by atoms with van der Waals surface area (Å²) in [6.45, 7) is 0.401. The van der Waals surface area contributed by atoms with Crippen molar-refractivity contribution < 1.29 is 19.0 Å². The van der Waals surface area contributed by atoms with Crippen LogP contribution in [0.1, 0.15) is 22.0 Å². The second kappa shape index (κ2) is 9.48. The Labute approximate surface area is 165 Å². The second-order valence-electron chi connectivity index (χ2n) is 6.12. The van der Waals surface area contributed by atoms with Crippen LogP contribution in [0, 0.1) is 0 Å². The van der Waals surface area contributed by atoms with Crippen LogP contribution in [0.5, 0.6) is 17.2 Å². The molecule has 1 amide bonds. The molecule has 2 rings (SSSR count). The Hall–Kier alpha value is -2.44. The fourth-order valence-corrected chi connectivity index (χ4v) is 3.14. The van der Waals surface area contributed by atoms with Crippen LogP contribution in [0.3, 0.4) is 0 Å². The molecule has 2 aromatic carbocycles. The molecule has 0 bridgehead atoms. The van der Waals surface area contributed by atoms with E-state index in [1.807, 2.05) is 43.3 Å². The number of hydrogen-bond donors (Lipinski definition) is 1. The molecule has 0 fully saturated rings. The summed E-state index contributed by atoms with van der Waals surface area (Å²) < 4.78 is 15.9. The Morgan fingerprint density at radius 1 is 1.07 bits per heavy atom. The van der Waals surface area contributed by atoms with E-state index in [4.69, 9.17) is 25.8 Å². The van der Waals surface area contributed by atoms with Crippen LogP contribution in [-0.4, -0.2) is 52.8 Å². The molecule has 0 saturated heterocycles. The smallest absolute Gasteiger partial charge is 0.251 e. The Morgan fingerprint density at radius 3 is 2.33 bits per heavy atom. The molecule has 1 N–H and O–H groups in total. The summed E-state index contributed by atoms with van der Waals surface area (Å²) in [5.41, 5.74) is 1.39. The van der Waals surface area contributed by atoms with Crippen LogP contribution in [0.2, 0.25) is 5.02 Å². The van der Waals surface area contributed by atoms with E-state index >= 15 is 0 Å². The maximum absolute atomic E-state index is 12.7. The first kappa shape index (κ1) is 20.9. The minimum Gasteiger partial charge on any atom is -0.496 e. The van der Waals surface area contributed by atoms with Gasteiger partial charge in [0, 0.05) is 17.7 Å². The molecule has 146 valence electrons. The normalized spacial score (nSPS) is 11.8. The summed E-state index contributed by atoms with van der Waals surface area (Å²) in [5.74, 6) is 1.33. The van der Waals surface area contributed by atoms with Gasteiger partial charge in [-0.15, -0.1) is 0 Å². The third kappa shape index (κ3) is 4.84. The summed E-state index contributed by atoms with van der Waals surface area (Å²) in [7, 11) is 8.54. The lowest BCUT2D eigenvalue weighted by Crippen LogP contribution is -2.34. The molecule has 2 aromatic rings. The van der Waals surface area contributed by atoms with Crippen molar-refractivity contribution in [3.05, 3.63) is 52.5 Å². The van der Waals surface area contributed by atoms with E-state index < -0.39 is 0 Å². The van der Waals surface area contributed by atoms with Gasteiger partial charge in [0.2, 0.25) is 0 Å². The zero-order valence-corrected chi connectivity index (χ0v) is 17.0. The number of halogens is 1. The van der Waals surface area contributed by atoms with Crippen LogP contribution < -0.4 is 19.5 Å². The van der Waals surface area contributed by atoms with Gasteiger partial charge < -0.3 is 24.4 Å².